The van der Waals surface area contributed by atoms with Gasteiger partial charge in [-0.2, -0.15) is 0 Å². The van der Waals surface area contributed by atoms with Crippen LogP contribution in [0.1, 0.15) is 17.3 Å². The Morgan fingerprint density at radius 2 is 2.00 bits per heavy atom. The summed E-state index contributed by atoms with van der Waals surface area (Å²) < 4.78 is 19.5. The van der Waals surface area contributed by atoms with E-state index in [9.17, 15) is 14.3 Å². The molecule has 0 fully saturated rings. The quantitative estimate of drug-likeness (QED) is 0.786. The number of pyridine rings is 1. The molecular weight excluding hydrogens is 297 g/mol. The molecule has 0 amide bonds. The Hall–Kier alpha value is -2.95. The number of carboxylic acid groups (broad SMARTS) is 1. The predicted octanol–water partition coefficient (Wildman–Crippen LogP) is 4.14. The molecule has 2 aromatic carbocycles. The van der Waals surface area contributed by atoms with Crippen molar-refractivity contribution in [2.24, 2.45) is 0 Å². The summed E-state index contributed by atoms with van der Waals surface area (Å²) in [6.45, 7) is 2.39. The van der Waals surface area contributed by atoms with Gasteiger partial charge in [-0.1, -0.05) is 24.3 Å². The van der Waals surface area contributed by atoms with Crippen molar-refractivity contribution in [1.29, 1.82) is 0 Å². The largest absolute Gasteiger partial charge is 0.494 e. The van der Waals surface area contributed by atoms with E-state index < -0.39 is 11.8 Å². The fourth-order valence-corrected chi connectivity index (χ4v) is 2.45. The third-order valence-corrected chi connectivity index (χ3v) is 3.46. The number of hydrogen-bond acceptors (Lipinski definition) is 3. The zero-order chi connectivity index (χ0) is 16.4. The van der Waals surface area contributed by atoms with E-state index in [1.165, 1.54) is 18.2 Å². The molecule has 1 aromatic heterocycles. The minimum atomic E-state index is -1.12. The number of benzene rings is 2. The van der Waals surface area contributed by atoms with E-state index >= 15 is 0 Å². The Bertz CT molecular complexity index is 893. The van der Waals surface area contributed by atoms with Crippen molar-refractivity contribution >= 4 is 16.9 Å². The molecule has 0 radical (unpaired) electrons. The highest BCUT2D eigenvalue weighted by atomic mass is 19.1. The monoisotopic (exact) mass is 311 g/mol. The number of nitrogens with zero attached hydrogens (tertiary/aromatic N) is 1. The Morgan fingerprint density at radius 1 is 1.22 bits per heavy atom. The van der Waals surface area contributed by atoms with Crippen molar-refractivity contribution in [2.75, 3.05) is 6.61 Å². The number of para-hydroxylation sites is 1. The van der Waals surface area contributed by atoms with Crippen molar-refractivity contribution in [2.45, 2.75) is 6.92 Å². The number of ether oxygens (including phenoxy) is 1. The van der Waals surface area contributed by atoms with Crippen LogP contribution in [-0.2, 0) is 0 Å². The Labute approximate surface area is 132 Å². The average molecular weight is 311 g/mol. The second kappa shape index (κ2) is 6.04. The van der Waals surface area contributed by atoms with Crippen LogP contribution < -0.4 is 4.74 Å². The highest BCUT2D eigenvalue weighted by Crippen LogP contribution is 2.28. The number of aromatic nitrogens is 1. The zero-order valence-corrected chi connectivity index (χ0v) is 12.4. The van der Waals surface area contributed by atoms with Crippen LogP contribution in [0.5, 0.6) is 5.75 Å². The van der Waals surface area contributed by atoms with Crippen molar-refractivity contribution < 1.29 is 19.0 Å². The van der Waals surface area contributed by atoms with Gasteiger partial charge in [0.2, 0.25) is 0 Å². The molecule has 0 aliphatic rings. The molecular formula is C18H14FNO3. The summed E-state index contributed by atoms with van der Waals surface area (Å²) >= 11 is 0. The summed E-state index contributed by atoms with van der Waals surface area (Å²) in [5.41, 5.74) is 1.13. The van der Waals surface area contributed by atoms with E-state index in [0.29, 0.717) is 23.6 Å². The fraction of sp³-hybridized carbons (Fsp3) is 0.111. The summed E-state index contributed by atoms with van der Waals surface area (Å²) in [6.07, 6.45) is 0. The van der Waals surface area contributed by atoms with Crippen molar-refractivity contribution in [3.63, 3.8) is 0 Å². The van der Waals surface area contributed by atoms with Gasteiger partial charge in [0.15, 0.2) is 0 Å². The summed E-state index contributed by atoms with van der Waals surface area (Å²) in [5.74, 6) is -1.02. The van der Waals surface area contributed by atoms with E-state index in [-0.39, 0.29) is 16.5 Å². The maximum atomic E-state index is 14.0. The third kappa shape index (κ3) is 2.85. The molecule has 0 saturated heterocycles. The molecule has 0 bridgehead atoms. The molecule has 23 heavy (non-hydrogen) atoms. The molecule has 4 nitrogen and oxygen atoms in total. The number of aromatic carboxylic acids is 1. The van der Waals surface area contributed by atoms with Crippen LogP contribution in [0.15, 0.2) is 48.5 Å². The lowest BCUT2D eigenvalue weighted by Crippen LogP contribution is -2.01. The Morgan fingerprint density at radius 3 is 2.74 bits per heavy atom. The maximum absolute atomic E-state index is 14.0. The second-order valence-corrected chi connectivity index (χ2v) is 4.96. The Kier molecular flexibility index (Phi) is 3.93. The molecule has 3 aromatic rings. The molecule has 1 N–H and O–H groups in total. The molecule has 1 heterocycles. The number of carboxylic acids is 1. The average Bonchev–Trinajstić information content (AvgIpc) is 2.55. The van der Waals surface area contributed by atoms with Gasteiger partial charge in [-0.3, -0.25) is 0 Å². The third-order valence-electron chi connectivity index (χ3n) is 3.46. The highest BCUT2D eigenvalue weighted by Gasteiger charge is 2.15. The first-order chi connectivity index (χ1) is 11.1. The van der Waals surface area contributed by atoms with Crippen molar-refractivity contribution in [1.82, 2.24) is 4.98 Å². The lowest BCUT2D eigenvalue weighted by atomic mass is 10.0. The highest BCUT2D eigenvalue weighted by molar-refractivity contribution is 6.03. The lowest BCUT2D eigenvalue weighted by Gasteiger charge is -2.09. The van der Waals surface area contributed by atoms with Crippen LogP contribution in [-0.4, -0.2) is 22.7 Å². The number of halogens is 1. The second-order valence-electron chi connectivity index (χ2n) is 4.96. The van der Waals surface area contributed by atoms with Crippen LogP contribution in [0.25, 0.3) is 22.2 Å². The van der Waals surface area contributed by atoms with Crippen LogP contribution in [0, 0.1) is 5.82 Å². The number of carbonyl (C=O) groups is 1. The van der Waals surface area contributed by atoms with Crippen LogP contribution in [0.4, 0.5) is 4.39 Å². The normalized spacial score (nSPS) is 10.7. The van der Waals surface area contributed by atoms with Gasteiger partial charge in [-0.25, -0.2) is 14.2 Å². The molecule has 0 spiro atoms. The fourth-order valence-electron chi connectivity index (χ4n) is 2.45. The van der Waals surface area contributed by atoms with Crippen LogP contribution in [0.3, 0.4) is 0 Å². The summed E-state index contributed by atoms with van der Waals surface area (Å²) in [4.78, 5) is 15.8. The molecule has 0 unspecified atom stereocenters. The molecule has 5 heteroatoms. The standard InChI is InChI=1S/C18H14FNO3/c1-2-23-12-6-3-5-11(9-12)16-10-14(18(21)22)13-7-4-8-15(19)17(13)20-16/h3-10H,2H2,1H3,(H,21,22). The molecule has 0 atom stereocenters. The van der Waals surface area contributed by atoms with Gasteiger partial charge in [0.25, 0.3) is 0 Å². The minimum Gasteiger partial charge on any atom is -0.494 e. The summed E-state index contributed by atoms with van der Waals surface area (Å²) in [6, 6.07) is 12.9. The minimum absolute atomic E-state index is 0.0197. The smallest absolute Gasteiger partial charge is 0.336 e. The van der Waals surface area contributed by atoms with Crippen LogP contribution >= 0.6 is 0 Å². The number of hydrogen-bond donors (Lipinski definition) is 1. The van der Waals surface area contributed by atoms with E-state index in [1.54, 1.807) is 30.3 Å². The molecule has 0 saturated carbocycles. The molecule has 0 aliphatic carbocycles. The topological polar surface area (TPSA) is 59.4 Å². The summed E-state index contributed by atoms with van der Waals surface area (Å²) in [7, 11) is 0. The molecule has 0 aliphatic heterocycles. The molecule has 3 rings (SSSR count). The lowest BCUT2D eigenvalue weighted by molar-refractivity contribution is 0.0699. The van der Waals surface area contributed by atoms with Gasteiger partial charge in [0.1, 0.15) is 17.1 Å². The van der Waals surface area contributed by atoms with Gasteiger partial charge in [0, 0.05) is 10.9 Å². The zero-order valence-electron chi connectivity index (χ0n) is 12.4. The maximum Gasteiger partial charge on any atom is 0.336 e. The summed E-state index contributed by atoms with van der Waals surface area (Å²) in [5, 5.41) is 9.69. The van der Waals surface area contributed by atoms with Gasteiger partial charge in [0.05, 0.1) is 17.9 Å². The van der Waals surface area contributed by atoms with Crippen molar-refractivity contribution in [3.8, 4) is 17.0 Å². The van der Waals surface area contributed by atoms with Gasteiger partial charge < -0.3 is 9.84 Å². The van der Waals surface area contributed by atoms with Crippen LogP contribution in [0.2, 0.25) is 0 Å². The predicted molar refractivity (Wildman–Crippen MR) is 85.3 cm³/mol. The van der Waals surface area contributed by atoms with Gasteiger partial charge in [-0.05, 0) is 31.2 Å². The first-order valence-corrected chi connectivity index (χ1v) is 7.16. The van der Waals surface area contributed by atoms with Gasteiger partial charge >= 0.3 is 5.97 Å². The van der Waals surface area contributed by atoms with E-state index in [0.717, 1.165) is 0 Å². The number of fused-ring (bicyclic) bond motifs is 1. The van der Waals surface area contributed by atoms with E-state index in [2.05, 4.69) is 4.98 Å². The van der Waals surface area contributed by atoms with Crippen molar-refractivity contribution in [3.05, 3.63) is 59.9 Å². The van der Waals surface area contributed by atoms with E-state index in [1.807, 2.05) is 6.92 Å². The SMILES string of the molecule is CCOc1cccc(-c2cc(C(=O)O)c3cccc(F)c3n2)c1. The first kappa shape index (κ1) is 15.0. The first-order valence-electron chi connectivity index (χ1n) is 7.16. The Balaban J connectivity index is 2.24. The van der Waals surface area contributed by atoms with Gasteiger partial charge in [-0.15, -0.1) is 0 Å². The number of rotatable bonds is 4. The van der Waals surface area contributed by atoms with E-state index in [4.69, 9.17) is 4.74 Å². The molecule has 116 valence electrons.